The second-order valence-electron chi connectivity index (χ2n) is 17.1. The summed E-state index contributed by atoms with van der Waals surface area (Å²) in [5, 5.41) is 0. The number of rotatable bonds is 24. The fourth-order valence-electron chi connectivity index (χ4n) is 6.74. The second-order valence-corrected chi connectivity index (χ2v) is 47.2. The second kappa shape index (κ2) is 19.4. The van der Waals surface area contributed by atoms with Crippen LogP contribution < -0.4 is 0 Å². The van der Waals surface area contributed by atoms with Crippen molar-refractivity contribution < 1.29 is 40.9 Å². The molecule has 0 amide bonds. The van der Waals surface area contributed by atoms with Gasteiger partial charge in [0.25, 0.3) is 0 Å². The Bertz CT molecular complexity index is 1080. The first-order chi connectivity index (χ1) is 22.4. The lowest BCUT2D eigenvalue weighted by molar-refractivity contribution is -0.139. The van der Waals surface area contributed by atoms with Gasteiger partial charge in [-0.05, 0) is 137 Å². The van der Waals surface area contributed by atoms with E-state index in [2.05, 4.69) is 98.3 Å². The van der Waals surface area contributed by atoms with Crippen molar-refractivity contribution >= 4 is 78.1 Å². The zero-order chi connectivity index (χ0) is 39.6. The van der Waals surface area contributed by atoms with Gasteiger partial charge in [0, 0.05) is 30.9 Å². The predicted molar refractivity (Wildman–Crippen MR) is 222 cm³/mol. The van der Waals surface area contributed by atoms with Crippen LogP contribution in [0.4, 0.5) is 0 Å². The van der Waals surface area contributed by atoms with Gasteiger partial charge in [0.2, 0.25) is 0 Å². The average molecular weight is 819 g/mol. The quantitative estimate of drug-likeness (QED) is 0.0311. The van der Waals surface area contributed by atoms with E-state index in [-0.39, 0.29) is 19.8 Å². The maximum atomic E-state index is 12.4. The zero-order valence-corrected chi connectivity index (χ0v) is 41.2. The molecule has 0 aliphatic heterocycles. The Labute approximate surface area is 314 Å². The number of esters is 3. The molecule has 3 atom stereocenters. The summed E-state index contributed by atoms with van der Waals surface area (Å²) in [5.74, 6) is -1.21. The van der Waals surface area contributed by atoms with E-state index in [1.54, 1.807) is 20.8 Å². The molecule has 0 aromatic carbocycles. The molecule has 287 valence electrons. The summed E-state index contributed by atoms with van der Waals surface area (Å²) in [5.41, 5.74) is 1.10. The summed E-state index contributed by atoms with van der Waals surface area (Å²) in [6, 6.07) is 2.11. The van der Waals surface area contributed by atoms with Gasteiger partial charge in [-0.3, -0.25) is 0 Å². The van der Waals surface area contributed by atoms with Crippen molar-refractivity contribution in [2.45, 2.75) is 141 Å². The van der Waals surface area contributed by atoms with Crippen LogP contribution in [0.15, 0.2) is 36.5 Å². The SMILES string of the molecule is C=C(C)C(=O)OCCC[Si](C)(O[Si](C)(C)C)C([Si])([Si](C)(CCCOC(=O)C(=C)C)O[Si](C)(C)C)[Si](C)(CCCOC(=O)C(=C)C)O[Si](C)(C)C. The lowest BCUT2D eigenvalue weighted by Gasteiger charge is -2.63. The molecule has 0 aromatic rings. The standard InChI is InChI=1S/C34H69O9Si7/c1-28(2)31(35)38-22-19-25-48(16,41-45(7,8)9)34(44,49(17,42-46(10,11)12)26-20-23-39-32(36)29(3)4)50(18,43-47(13,14)15)27-21-24-40-33(37)30(5)6/h1,3,5,19-27H2,2,4,6-18H3. The van der Waals surface area contributed by atoms with Gasteiger partial charge in [-0.1, -0.05) is 19.7 Å². The molecule has 3 radical (unpaired) electrons. The maximum absolute atomic E-state index is 12.4. The maximum Gasteiger partial charge on any atom is 0.333 e. The van der Waals surface area contributed by atoms with Crippen molar-refractivity contribution in [2.24, 2.45) is 0 Å². The van der Waals surface area contributed by atoms with Gasteiger partial charge in [-0.15, -0.1) is 0 Å². The highest BCUT2D eigenvalue weighted by molar-refractivity contribution is 7.21. The Kier molecular flexibility index (Phi) is 19.0. The first-order valence-electron chi connectivity index (χ1n) is 17.7. The van der Waals surface area contributed by atoms with Gasteiger partial charge >= 0.3 is 17.9 Å². The van der Waals surface area contributed by atoms with Gasteiger partial charge in [-0.25, -0.2) is 14.4 Å². The van der Waals surface area contributed by atoms with Crippen LogP contribution in [0, 0.1) is 0 Å². The average Bonchev–Trinajstić information content (AvgIpc) is 2.91. The van der Waals surface area contributed by atoms with Gasteiger partial charge in [0.1, 0.15) is 0 Å². The lowest BCUT2D eigenvalue weighted by Crippen LogP contribution is -2.77. The third-order valence-corrected chi connectivity index (χ3v) is 43.8. The van der Waals surface area contributed by atoms with Gasteiger partial charge in [-0.2, -0.15) is 0 Å². The van der Waals surface area contributed by atoms with E-state index < -0.39 is 71.7 Å². The Morgan fingerprint density at radius 3 is 0.840 bits per heavy atom. The highest BCUT2D eigenvalue weighted by atomic mass is 28.5. The Hall–Kier alpha value is -0.972. The van der Waals surface area contributed by atoms with Gasteiger partial charge < -0.3 is 26.6 Å². The molecule has 16 heteroatoms. The molecular weight excluding hydrogens is 749 g/mol. The Morgan fingerprint density at radius 2 is 0.680 bits per heavy atom. The zero-order valence-electron chi connectivity index (χ0n) is 34.2. The summed E-state index contributed by atoms with van der Waals surface area (Å²) < 4.78 is 38.8. The molecule has 0 heterocycles. The van der Waals surface area contributed by atoms with Gasteiger partial charge in [0.15, 0.2) is 49.9 Å². The fourth-order valence-corrected chi connectivity index (χ4v) is 50.5. The molecule has 50 heavy (non-hydrogen) atoms. The minimum absolute atomic E-state index is 0.250. The molecule has 0 saturated heterocycles. The molecule has 0 aliphatic rings. The van der Waals surface area contributed by atoms with Crippen LogP contribution in [0.2, 0.25) is 101 Å². The van der Waals surface area contributed by atoms with E-state index in [1.165, 1.54) is 0 Å². The smallest absolute Gasteiger partial charge is 0.333 e. The summed E-state index contributed by atoms with van der Waals surface area (Å²) in [4.78, 5) is 37.1. The van der Waals surface area contributed by atoms with Crippen molar-refractivity contribution in [1.29, 1.82) is 0 Å². The van der Waals surface area contributed by atoms with Crippen LogP contribution in [-0.2, 0) is 40.9 Å². The highest BCUT2D eigenvalue weighted by Crippen LogP contribution is 2.58. The van der Waals surface area contributed by atoms with Crippen molar-refractivity contribution in [2.75, 3.05) is 19.8 Å². The van der Waals surface area contributed by atoms with E-state index in [0.29, 0.717) is 54.1 Å². The molecule has 3 unspecified atom stereocenters. The summed E-state index contributed by atoms with van der Waals surface area (Å²) in [6.07, 6.45) is 1.83. The molecule has 0 saturated carbocycles. The third-order valence-electron chi connectivity index (χ3n) is 8.11. The minimum Gasteiger partial charge on any atom is -0.462 e. The number of carbonyl (C=O) groups is 3. The number of hydrogen-bond acceptors (Lipinski definition) is 9. The van der Waals surface area contributed by atoms with Crippen molar-refractivity contribution in [3.05, 3.63) is 36.5 Å². The van der Waals surface area contributed by atoms with E-state index in [1.807, 2.05) is 0 Å². The predicted octanol–water partition coefficient (Wildman–Crippen LogP) is 8.74. The number of ether oxygens (including phenoxy) is 3. The normalized spacial score (nSPS) is 17.3. The van der Waals surface area contributed by atoms with E-state index in [9.17, 15) is 14.4 Å². The van der Waals surface area contributed by atoms with Crippen molar-refractivity contribution in [3.8, 4) is 0 Å². The molecular formula is C34H69O9Si7. The van der Waals surface area contributed by atoms with E-state index >= 15 is 0 Å². The molecule has 0 aliphatic carbocycles. The minimum atomic E-state index is -2.97. The topological polar surface area (TPSA) is 107 Å². The van der Waals surface area contributed by atoms with E-state index in [0.717, 1.165) is 0 Å². The van der Waals surface area contributed by atoms with Crippen LogP contribution in [0.5, 0.6) is 0 Å². The fraction of sp³-hybridized carbons (Fsp3) is 0.735. The first kappa shape index (κ1) is 49.0. The molecule has 0 N–H and O–H groups in total. The molecule has 9 nitrogen and oxygen atoms in total. The molecule has 0 spiro atoms. The van der Waals surface area contributed by atoms with E-state index in [4.69, 9.17) is 36.8 Å². The monoisotopic (exact) mass is 817 g/mol. The van der Waals surface area contributed by atoms with Crippen LogP contribution in [-0.4, -0.2) is 97.9 Å². The molecule has 0 rings (SSSR count). The first-order valence-corrected chi connectivity index (χ1v) is 36.3. The van der Waals surface area contributed by atoms with Crippen LogP contribution in [0.3, 0.4) is 0 Å². The Morgan fingerprint density at radius 1 is 0.480 bits per heavy atom. The summed E-state index contributed by atoms with van der Waals surface area (Å²) >= 11 is 0. The van der Waals surface area contributed by atoms with Crippen LogP contribution >= 0.6 is 0 Å². The van der Waals surface area contributed by atoms with Crippen molar-refractivity contribution in [3.63, 3.8) is 0 Å². The third kappa shape index (κ3) is 15.6. The van der Waals surface area contributed by atoms with Gasteiger partial charge in [0.05, 0.1) is 19.8 Å². The lowest BCUT2D eigenvalue weighted by atomic mass is 10.4. The molecule has 0 fully saturated rings. The number of carbonyl (C=O) groups excluding carboxylic acids is 3. The number of hydrogen-bond donors (Lipinski definition) is 0. The summed E-state index contributed by atoms with van der Waals surface area (Å²) in [7, 11) is -10.8. The molecule has 0 aromatic heterocycles. The summed E-state index contributed by atoms with van der Waals surface area (Å²) in [6.45, 7) is 43.8. The Balaban J connectivity index is 7.68. The van der Waals surface area contributed by atoms with Crippen LogP contribution in [0.25, 0.3) is 0 Å². The molecule has 0 bridgehead atoms. The largest absolute Gasteiger partial charge is 0.462 e. The van der Waals surface area contributed by atoms with Crippen LogP contribution in [0.1, 0.15) is 40.0 Å². The highest BCUT2D eigenvalue weighted by Gasteiger charge is 2.71. The van der Waals surface area contributed by atoms with Crippen molar-refractivity contribution in [1.82, 2.24) is 0 Å².